The van der Waals surface area contributed by atoms with Crippen molar-refractivity contribution in [3.8, 4) is 0 Å². The fraction of sp³-hybridized carbons (Fsp3) is 0.444. The zero-order valence-electron chi connectivity index (χ0n) is 7.67. The molecule has 0 aromatic carbocycles. The summed E-state index contributed by atoms with van der Waals surface area (Å²) < 4.78 is 0. The lowest BCUT2D eigenvalue weighted by atomic mass is 10.4. The molecule has 0 aliphatic rings. The van der Waals surface area contributed by atoms with Gasteiger partial charge in [0.25, 0.3) is 0 Å². The number of hydrogen-bond donors (Lipinski definition) is 2. The summed E-state index contributed by atoms with van der Waals surface area (Å²) in [6.45, 7) is 3.89. The lowest BCUT2D eigenvalue weighted by Crippen LogP contribution is -2.34. The van der Waals surface area contributed by atoms with Crippen LogP contribution >= 0.6 is 23.6 Å². The lowest BCUT2D eigenvalue weighted by molar-refractivity contribution is 0.803. The Morgan fingerprint density at radius 1 is 1.54 bits per heavy atom. The van der Waals surface area contributed by atoms with E-state index in [-0.39, 0.29) is 0 Å². The predicted molar refractivity (Wildman–Crippen MR) is 62.1 cm³/mol. The van der Waals surface area contributed by atoms with Crippen LogP contribution in [0.5, 0.6) is 0 Å². The van der Waals surface area contributed by atoms with Crippen LogP contribution in [0.1, 0.15) is 18.2 Å². The first-order chi connectivity index (χ1) is 6.33. The smallest absolute Gasteiger partial charge is 0.166 e. The third kappa shape index (κ3) is 4.24. The summed E-state index contributed by atoms with van der Waals surface area (Å²) in [6, 6.07) is 4.14. The molecule has 4 heteroatoms. The molecule has 0 amide bonds. The van der Waals surface area contributed by atoms with E-state index in [1.165, 1.54) is 4.88 Å². The van der Waals surface area contributed by atoms with Gasteiger partial charge in [0.2, 0.25) is 0 Å². The van der Waals surface area contributed by atoms with Crippen LogP contribution in [0, 0.1) is 0 Å². The minimum atomic E-state index is 0.746. The van der Waals surface area contributed by atoms with Gasteiger partial charge in [-0.05, 0) is 30.1 Å². The van der Waals surface area contributed by atoms with Crippen molar-refractivity contribution in [1.82, 2.24) is 10.6 Å². The molecule has 1 aromatic rings. The highest BCUT2D eigenvalue weighted by molar-refractivity contribution is 7.80. The summed E-state index contributed by atoms with van der Waals surface area (Å²) >= 11 is 6.81. The molecule has 0 radical (unpaired) electrons. The molecule has 0 unspecified atom stereocenters. The molecule has 0 spiro atoms. The van der Waals surface area contributed by atoms with Crippen LogP contribution in [0.2, 0.25) is 0 Å². The van der Waals surface area contributed by atoms with Crippen LogP contribution in [-0.4, -0.2) is 11.7 Å². The van der Waals surface area contributed by atoms with Crippen LogP contribution in [0.3, 0.4) is 0 Å². The molecular weight excluding hydrogens is 200 g/mol. The second kappa shape index (κ2) is 5.94. The Kier molecular flexibility index (Phi) is 4.78. The van der Waals surface area contributed by atoms with E-state index in [1.54, 1.807) is 11.3 Å². The van der Waals surface area contributed by atoms with Gasteiger partial charge in [0.1, 0.15) is 0 Å². The van der Waals surface area contributed by atoms with Gasteiger partial charge >= 0.3 is 0 Å². The maximum absolute atomic E-state index is 5.07. The standard InChI is InChI=1S/C9H14N2S2/c1-2-5-10-9(12)11-7-8-4-3-6-13-8/h3-4,6H,2,5,7H2,1H3,(H2,10,11,12). The minimum absolute atomic E-state index is 0.746. The van der Waals surface area contributed by atoms with Crippen molar-refractivity contribution in [2.24, 2.45) is 0 Å². The minimum Gasteiger partial charge on any atom is -0.363 e. The van der Waals surface area contributed by atoms with Crippen molar-refractivity contribution < 1.29 is 0 Å². The van der Waals surface area contributed by atoms with Crippen molar-refractivity contribution >= 4 is 28.7 Å². The Labute approximate surface area is 88.4 Å². The van der Waals surface area contributed by atoms with E-state index in [2.05, 4.69) is 29.0 Å². The Balaban J connectivity index is 2.15. The molecule has 1 rings (SSSR count). The van der Waals surface area contributed by atoms with Gasteiger partial charge in [-0.1, -0.05) is 13.0 Å². The van der Waals surface area contributed by atoms with Gasteiger partial charge < -0.3 is 10.6 Å². The highest BCUT2D eigenvalue weighted by Gasteiger charge is 1.95. The molecule has 72 valence electrons. The molecule has 13 heavy (non-hydrogen) atoms. The fourth-order valence-electron chi connectivity index (χ4n) is 0.882. The largest absolute Gasteiger partial charge is 0.363 e. The van der Waals surface area contributed by atoms with Gasteiger partial charge in [-0.2, -0.15) is 0 Å². The van der Waals surface area contributed by atoms with Crippen molar-refractivity contribution in [3.63, 3.8) is 0 Å². The topological polar surface area (TPSA) is 24.1 Å². The van der Waals surface area contributed by atoms with Crippen molar-refractivity contribution in [3.05, 3.63) is 22.4 Å². The SMILES string of the molecule is CCCNC(=S)NCc1cccs1. The Hall–Kier alpha value is -0.610. The first kappa shape index (κ1) is 10.5. The van der Waals surface area contributed by atoms with E-state index in [9.17, 15) is 0 Å². The summed E-state index contributed by atoms with van der Waals surface area (Å²) in [5.41, 5.74) is 0. The maximum atomic E-state index is 5.07. The molecule has 0 atom stereocenters. The van der Waals surface area contributed by atoms with Gasteiger partial charge in [-0.25, -0.2) is 0 Å². The Morgan fingerprint density at radius 3 is 3.00 bits per heavy atom. The first-order valence-electron chi connectivity index (χ1n) is 4.37. The average Bonchev–Trinajstić information content (AvgIpc) is 2.64. The summed E-state index contributed by atoms with van der Waals surface area (Å²) in [4.78, 5) is 1.31. The van der Waals surface area contributed by atoms with Gasteiger partial charge in [0.15, 0.2) is 5.11 Å². The fourth-order valence-corrected chi connectivity index (χ4v) is 1.70. The number of thiophene rings is 1. The molecule has 0 aliphatic carbocycles. The molecule has 0 saturated carbocycles. The summed E-state index contributed by atoms with van der Waals surface area (Å²) in [5.74, 6) is 0. The first-order valence-corrected chi connectivity index (χ1v) is 5.65. The predicted octanol–water partition coefficient (Wildman–Crippen LogP) is 2.12. The number of rotatable bonds is 4. The molecule has 2 nitrogen and oxygen atoms in total. The molecule has 0 fully saturated rings. The van der Waals surface area contributed by atoms with Crippen LogP contribution in [0.4, 0.5) is 0 Å². The van der Waals surface area contributed by atoms with Crippen molar-refractivity contribution in [2.75, 3.05) is 6.54 Å². The third-order valence-electron chi connectivity index (χ3n) is 1.54. The molecular formula is C9H14N2S2. The zero-order valence-corrected chi connectivity index (χ0v) is 9.30. The van der Waals surface area contributed by atoms with E-state index in [0.29, 0.717) is 0 Å². The van der Waals surface area contributed by atoms with Gasteiger partial charge in [-0.15, -0.1) is 11.3 Å². The average molecular weight is 214 g/mol. The number of hydrogen-bond acceptors (Lipinski definition) is 2. The highest BCUT2D eigenvalue weighted by atomic mass is 32.1. The monoisotopic (exact) mass is 214 g/mol. The summed E-state index contributed by atoms with van der Waals surface area (Å²) in [6.07, 6.45) is 1.10. The third-order valence-corrected chi connectivity index (χ3v) is 2.70. The highest BCUT2D eigenvalue weighted by Crippen LogP contribution is 2.06. The molecule has 1 heterocycles. The van der Waals surface area contributed by atoms with E-state index >= 15 is 0 Å². The molecule has 0 aliphatic heterocycles. The van der Waals surface area contributed by atoms with Crippen LogP contribution in [0.15, 0.2) is 17.5 Å². The van der Waals surface area contributed by atoms with E-state index < -0.39 is 0 Å². The van der Waals surface area contributed by atoms with E-state index in [4.69, 9.17) is 12.2 Å². The maximum Gasteiger partial charge on any atom is 0.166 e. The molecule has 0 saturated heterocycles. The van der Waals surface area contributed by atoms with Crippen LogP contribution in [-0.2, 0) is 6.54 Å². The zero-order chi connectivity index (χ0) is 9.52. The summed E-state index contributed by atoms with van der Waals surface area (Å²) in [7, 11) is 0. The Morgan fingerprint density at radius 2 is 2.38 bits per heavy atom. The normalized spacial score (nSPS) is 9.62. The van der Waals surface area contributed by atoms with Crippen molar-refractivity contribution in [1.29, 1.82) is 0 Å². The van der Waals surface area contributed by atoms with E-state index in [1.807, 2.05) is 6.07 Å². The van der Waals surface area contributed by atoms with Crippen LogP contribution in [0.25, 0.3) is 0 Å². The van der Waals surface area contributed by atoms with Crippen molar-refractivity contribution in [2.45, 2.75) is 19.9 Å². The lowest BCUT2D eigenvalue weighted by Gasteiger charge is -2.07. The second-order valence-electron chi connectivity index (χ2n) is 2.69. The summed E-state index contributed by atoms with van der Waals surface area (Å²) in [5, 5.41) is 9.08. The molecule has 0 bridgehead atoms. The number of thiocarbonyl (C=S) groups is 1. The van der Waals surface area contributed by atoms with Gasteiger partial charge in [0.05, 0.1) is 6.54 Å². The van der Waals surface area contributed by atoms with Gasteiger partial charge in [-0.3, -0.25) is 0 Å². The van der Waals surface area contributed by atoms with E-state index in [0.717, 1.165) is 24.6 Å². The second-order valence-corrected chi connectivity index (χ2v) is 4.13. The molecule has 2 N–H and O–H groups in total. The van der Waals surface area contributed by atoms with Crippen LogP contribution < -0.4 is 10.6 Å². The molecule has 1 aromatic heterocycles. The Bertz CT molecular complexity index is 244. The quantitative estimate of drug-likeness (QED) is 0.751. The van der Waals surface area contributed by atoms with Gasteiger partial charge in [0, 0.05) is 11.4 Å². The number of nitrogens with one attached hydrogen (secondary N) is 2.